The molecule has 0 aromatic carbocycles. The lowest BCUT2D eigenvalue weighted by molar-refractivity contribution is -0.144. The lowest BCUT2D eigenvalue weighted by atomic mass is 9.83. The first-order chi connectivity index (χ1) is 22.6. The van der Waals surface area contributed by atoms with E-state index in [2.05, 4.69) is 27.8 Å². The first-order valence-corrected chi connectivity index (χ1v) is 19.6. The first kappa shape index (κ1) is 40.5. The third kappa shape index (κ3) is 10.5. The van der Waals surface area contributed by atoms with Gasteiger partial charge >= 0.3 is 6.03 Å². The van der Waals surface area contributed by atoms with Gasteiger partial charge in [-0.25, -0.2) is 13.2 Å². The van der Waals surface area contributed by atoms with Crippen LogP contribution in [0.3, 0.4) is 0 Å². The van der Waals surface area contributed by atoms with Crippen molar-refractivity contribution in [1.82, 2.24) is 26.2 Å². The molecule has 0 spiro atoms. The van der Waals surface area contributed by atoms with Gasteiger partial charge in [0.05, 0.1) is 22.1 Å². The molecule has 278 valence electrons. The summed E-state index contributed by atoms with van der Waals surface area (Å²) in [5.41, 5.74) is -1.73. The summed E-state index contributed by atoms with van der Waals surface area (Å²) in [5.74, 6) is -2.58. The van der Waals surface area contributed by atoms with Gasteiger partial charge in [0.15, 0.2) is 9.84 Å². The fourth-order valence-corrected chi connectivity index (χ4v) is 8.54. The quantitative estimate of drug-likeness (QED) is 0.158. The number of hydrogen-bond acceptors (Lipinski definition) is 7. The predicted octanol–water partition coefficient (Wildman–Crippen LogP) is 3.65. The number of amides is 5. The van der Waals surface area contributed by atoms with E-state index in [1.54, 1.807) is 20.8 Å². The van der Waals surface area contributed by atoms with E-state index in [1.165, 1.54) is 11.0 Å². The molecule has 2 aliphatic carbocycles. The van der Waals surface area contributed by atoms with Crippen molar-refractivity contribution in [1.29, 1.82) is 0 Å². The first-order valence-electron chi connectivity index (χ1n) is 18.0. The number of urea groups is 1. The third-order valence-electron chi connectivity index (χ3n) is 10.4. The number of ketones is 1. The summed E-state index contributed by atoms with van der Waals surface area (Å²) in [5, 5.41) is 11.2. The Balaban J connectivity index is 1.86. The molecule has 12 nitrogen and oxygen atoms in total. The van der Waals surface area contributed by atoms with E-state index in [1.807, 2.05) is 34.6 Å². The lowest BCUT2D eigenvalue weighted by Gasteiger charge is -2.41. The number of nitrogens with one attached hydrogen (secondary N) is 4. The topological polar surface area (TPSA) is 171 Å². The Morgan fingerprint density at radius 3 is 2.06 bits per heavy atom. The Bertz CT molecular complexity index is 1350. The summed E-state index contributed by atoms with van der Waals surface area (Å²) in [6.07, 6.45) is 7.75. The van der Waals surface area contributed by atoms with Crippen molar-refractivity contribution in [2.75, 3.05) is 18.8 Å². The zero-order valence-electron chi connectivity index (χ0n) is 30.9. The lowest BCUT2D eigenvalue weighted by Crippen LogP contribution is -2.64. The molecule has 2 saturated carbocycles. The van der Waals surface area contributed by atoms with Crippen molar-refractivity contribution in [3.63, 3.8) is 0 Å². The Morgan fingerprint density at radius 2 is 1.55 bits per heavy atom. The van der Waals surface area contributed by atoms with Crippen LogP contribution in [-0.2, 0) is 29.0 Å². The molecule has 0 aromatic rings. The third-order valence-corrected chi connectivity index (χ3v) is 13.2. The number of nitrogens with zero attached hydrogens (tertiary/aromatic N) is 1. The number of sulfone groups is 1. The second-order valence-corrected chi connectivity index (χ2v) is 19.6. The molecule has 0 radical (unpaired) electrons. The van der Waals surface area contributed by atoms with Crippen LogP contribution in [0.15, 0.2) is 12.7 Å². The van der Waals surface area contributed by atoms with E-state index >= 15 is 0 Å². The molecule has 3 aliphatic rings. The van der Waals surface area contributed by atoms with Gasteiger partial charge in [0.25, 0.3) is 5.91 Å². The van der Waals surface area contributed by atoms with Crippen molar-refractivity contribution in [3.05, 3.63) is 12.7 Å². The molecule has 3 fully saturated rings. The number of rotatable bonds is 14. The summed E-state index contributed by atoms with van der Waals surface area (Å²) in [6, 6.07) is -3.59. The van der Waals surface area contributed by atoms with E-state index in [-0.39, 0.29) is 36.6 Å². The minimum absolute atomic E-state index is 0.0299. The molecule has 5 amide bonds. The van der Waals surface area contributed by atoms with Gasteiger partial charge in [-0.05, 0) is 69.6 Å². The SMILES string of the molecule is C=CCNC(=O)C(=O)C(CC1CC1)NC(=O)[C@@H]1C(C(C)C)CCN1C(=O)[C@@H](NC(=O)NC1(CS(=O)(=O)C(C)(C)C)CCCCC1)C(C)(C)C. The minimum Gasteiger partial charge on any atom is -0.346 e. The number of carbonyl (C=O) groups excluding carboxylic acids is 5. The standard InChI is InChI=1S/C36H61N5O7S/c1-10-19-37-31(44)28(42)26(21-24-14-15-24)38-30(43)27-25(23(2)3)16-20-41(27)32(45)29(34(4,5)6)39-33(46)40-36(17-12-11-13-18-36)22-49(47,48)35(7,8)9/h10,23-27,29H,1,11-22H2,2-9H3,(H,37,44)(H,38,43)(H2,39,40,46)/t25?,26?,27-,29+/m0/s1. The van der Waals surface area contributed by atoms with Crippen molar-refractivity contribution in [3.8, 4) is 0 Å². The summed E-state index contributed by atoms with van der Waals surface area (Å²) >= 11 is 0. The van der Waals surface area contributed by atoms with Crippen LogP contribution in [0.2, 0.25) is 0 Å². The maximum absolute atomic E-state index is 14.4. The van der Waals surface area contributed by atoms with Crippen LogP contribution in [-0.4, -0.2) is 90.1 Å². The van der Waals surface area contributed by atoms with E-state index in [4.69, 9.17) is 0 Å². The van der Waals surface area contributed by atoms with E-state index < -0.39 is 73.2 Å². The molecule has 1 saturated heterocycles. The molecule has 13 heteroatoms. The van der Waals surface area contributed by atoms with Crippen LogP contribution in [0.5, 0.6) is 0 Å². The molecule has 49 heavy (non-hydrogen) atoms. The molecule has 0 aromatic heterocycles. The van der Waals surface area contributed by atoms with Crippen LogP contribution in [0.4, 0.5) is 4.79 Å². The van der Waals surface area contributed by atoms with Gasteiger partial charge in [-0.3, -0.25) is 19.2 Å². The maximum Gasteiger partial charge on any atom is 0.315 e. The highest BCUT2D eigenvalue weighted by molar-refractivity contribution is 7.92. The van der Waals surface area contributed by atoms with Gasteiger partial charge in [0.2, 0.25) is 17.6 Å². The molecule has 4 N–H and O–H groups in total. The average Bonchev–Trinajstić information content (AvgIpc) is 3.69. The van der Waals surface area contributed by atoms with Gasteiger partial charge in [-0.1, -0.05) is 72.8 Å². The molecule has 2 unspecified atom stereocenters. The number of carbonyl (C=O) groups is 5. The highest BCUT2D eigenvalue weighted by atomic mass is 32.2. The van der Waals surface area contributed by atoms with Gasteiger partial charge in [0, 0.05) is 13.1 Å². The van der Waals surface area contributed by atoms with Gasteiger partial charge in [0.1, 0.15) is 12.1 Å². The number of likely N-dealkylation sites (tertiary alicyclic amines) is 1. The summed E-state index contributed by atoms with van der Waals surface area (Å²) in [7, 11) is -3.56. The fraction of sp³-hybridized carbons (Fsp3) is 0.806. The summed E-state index contributed by atoms with van der Waals surface area (Å²) in [6.45, 7) is 18.4. The Labute approximate surface area is 293 Å². The van der Waals surface area contributed by atoms with E-state index in [9.17, 15) is 32.4 Å². The van der Waals surface area contributed by atoms with Crippen molar-refractivity contribution in [2.24, 2.45) is 23.2 Å². The van der Waals surface area contributed by atoms with Crippen molar-refractivity contribution in [2.45, 2.75) is 142 Å². The van der Waals surface area contributed by atoms with Crippen LogP contribution >= 0.6 is 0 Å². The monoisotopic (exact) mass is 707 g/mol. The minimum atomic E-state index is -3.56. The summed E-state index contributed by atoms with van der Waals surface area (Å²) in [4.78, 5) is 69.5. The van der Waals surface area contributed by atoms with Crippen molar-refractivity contribution < 1.29 is 32.4 Å². The van der Waals surface area contributed by atoms with Crippen molar-refractivity contribution >= 4 is 39.4 Å². The smallest absolute Gasteiger partial charge is 0.315 e. The average molecular weight is 708 g/mol. The number of Topliss-reactive ketones (excluding diaryl/α,β-unsaturated/α-hetero) is 1. The van der Waals surface area contributed by atoms with E-state index in [0.29, 0.717) is 25.7 Å². The van der Waals surface area contributed by atoms with E-state index in [0.717, 1.165) is 32.1 Å². The van der Waals surface area contributed by atoms with Crippen LogP contribution < -0.4 is 21.3 Å². The zero-order valence-corrected chi connectivity index (χ0v) is 31.8. The molecule has 1 aliphatic heterocycles. The van der Waals surface area contributed by atoms with Crippen LogP contribution in [0.1, 0.15) is 113 Å². The van der Waals surface area contributed by atoms with Crippen LogP contribution in [0, 0.1) is 23.2 Å². The highest BCUT2D eigenvalue weighted by Gasteiger charge is 2.49. The number of hydrogen-bond donors (Lipinski definition) is 4. The highest BCUT2D eigenvalue weighted by Crippen LogP contribution is 2.36. The molecular weight excluding hydrogens is 646 g/mol. The fourth-order valence-electron chi connectivity index (χ4n) is 7.02. The van der Waals surface area contributed by atoms with Gasteiger partial charge in [-0.15, -0.1) is 6.58 Å². The van der Waals surface area contributed by atoms with Gasteiger partial charge < -0.3 is 26.2 Å². The molecular formula is C36H61N5O7S. The van der Waals surface area contributed by atoms with Gasteiger partial charge in [-0.2, -0.15) is 0 Å². The second kappa shape index (κ2) is 15.9. The molecule has 4 atom stereocenters. The Hall–Kier alpha value is -2.96. The molecule has 3 rings (SSSR count). The zero-order chi connectivity index (χ0) is 36.9. The largest absolute Gasteiger partial charge is 0.346 e. The Kier molecular flexibility index (Phi) is 13.2. The predicted molar refractivity (Wildman–Crippen MR) is 190 cm³/mol. The molecule has 1 heterocycles. The normalized spacial score (nSPS) is 22.5. The molecule has 0 bridgehead atoms. The Morgan fingerprint density at radius 1 is 0.939 bits per heavy atom. The maximum atomic E-state index is 14.4. The van der Waals surface area contributed by atoms with Crippen LogP contribution in [0.25, 0.3) is 0 Å². The summed E-state index contributed by atoms with van der Waals surface area (Å²) < 4.78 is 25.6. The second-order valence-electron chi connectivity index (χ2n) is 16.9.